The first kappa shape index (κ1) is 30.7. The normalized spacial score (nSPS) is 28.8. The Morgan fingerprint density at radius 3 is 2.69 bits per heavy atom. The number of hydrogen-bond acceptors (Lipinski definition) is 6. The monoisotopic (exact) mass is 510 g/mol. The Morgan fingerprint density at radius 1 is 1.19 bits per heavy atom. The Morgan fingerprint density at radius 2 is 1.97 bits per heavy atom. The van der Waals surface area contributed by atoms with E-state index in [4.69, 9.17) is 14.2 Å². The van der Waals surface area contributed by atoms with Gasteiger partial charge in [0.1, 0.15) is 0 Å². The van der Waals surface area contributed by atoms with E-state index in [1.54, 1.807) is 6.92 Å². The average molecular weight is 511 g/mol. The number of amides is 2. The molecule has 0 bridgehead atoms. The molecule has 36 heavy (non-hydrogen) atoms. The SMILES string of the molecule is C=C[C@@H](C)CC[C@@H]1CCC[C@]2(CCC(C)[C@@H](CCCNC(=O)[C@@H](C)[C@@H](O)CNC(=O)CCOC)O2)O1. The number of rotatable bonds is 15. The molecule has 1 unspecified atom stereocenters. The van der Waals surface area contributed by atoms with E-state index < -0.39 is 17.8 Å². The van der Waals surface area contributed by atoms with Gasteiger partial charge < -0.3 is 30.0 Å². The zero-order chi connectivity index (χ0) is 26.6. The summed E-state index contributed by atoms with van der Waals surface area (Å²) >= 11 is 0. The van der Waals surface area contributed by atoms with Crippen molar-refractivity contribution in [3.8, 4) is 0 Å². The van der Waals surface area contributed by atoms with Crippen LogP contribution in [0.2, 0.25) is 0 Å². The van der Waals surface area contributed by atoms with Crippen molar-refractivity contribution in [3.05, 3.63) is 12.7 Å². The van der Waals surface area contributed by atoms with Gasteiger partial charge in [0, 0.05) is 39.5 Å². The van der Waals surface area contributed by atoms with E-state index in [9.17, 15) is 14.7 Å². The fourth-order valence-corrected chi connectivity index (χ4v) is 5.02. The van der Waals surface area contributed by atoms with E-state index >= 15 is 0 Å². The van der Waals surface area contributed by atoms with Gasteiger partial charge in [-0.3, -0.25) is 9.59 Å². The second-order valence-corrected chi connectivity index (χ2v) is 10.8. The molecule has 0 radical (unpaired) electrons. The lowest BCUT2D eigenvalue weighted by Crippen LogP contribution is -2.50. The molecule has 1 spiro atoms. The lowest BCUT2D eigenvalue weighted by atomic mass is 9.85. The van der Waals surface area contributed by atoms with Gasteiger partial charge in [-0.05, 0) is 56.8 Å². The number of aliphatic hydroxyl groups is 1. The van der Waals surface area contributed by atoms with Gasteiger partial charge in [0.2, 0.25) is 11.8 Å². The fourth-order valence-electron chi connectivity index (χ4n) is 5.02. The van der Waals surface area contributed by atoms with E-state index in [1.165, 1.54) is 7.11 Å². The maximum atomic E-state index is 12.5. The van der Waals surface area contributed by atoms with E-state index in [0.717, 1.165) is 57.8 Å². The van der Waals surface area contributed by atoms with Gasteiger partial charge in [-0.1, -0.05) is 26.8 Å². The highest BCUT2D eigenvalue weighted by atomic mass is 16.7. The summed E-state index contributed by atoms with van der Waals surface area (Å²) in [6.45, 7) is 10.9. The largest absolute Gasteiger partial charge is 0.390 e. The lowest BCUT2D eigenvalue weighted by molar-refractivity contribution is -0.324. The molecule has 208 valence electrons. The molecule has 8 heteroatoms. The molecule has 0 aromatic heterocycles. The summed E-state index contributed by atoms with van der Waals surface area (Å²) in [6, 6.07) is 0. The van der Waals surface area contributed by atoms with Crippen LogP contribution >= 0.6 is 0 Å². The van der Waals surface area contributed by atoms with Gasteiger partial charge in [0.05, 0.1) is 30.8 Å². The van der Waals surface area contributed by atoms with Crippen LogP contribution in [0.25, 0.3) is 0 Å². The quantitative estimate of drug-likeness (QED) is 0.229. The Labute approximate surface area is 217 Å². The molecule has 2 aliphatic rings. The number of hydrogen-bond donors (Lipinski definition) is 3. The summed E-state index contributed by atoms with van der Waals surface area (Å²) < 4.78 is 18.0. The zero-order valence-electron chi connectivity index (χ0n) is 22.9. The molecule has 8 nitrogen and oxygen atoms in total. The molecule has 3 N–H and O–H groups in total. The van der Waals surface area contributed by atoms with Crippen molar-refractivity contribution in [2.24, 2.45) is 17.8 Å². The number of ether oxygens (including phenoxy) is 3. The molecule has 0 aliphatic carbocycles. The number of carbonyl (C=O) groups is 2. The van der Waals surface area contributed by atoms with E-state index in [1.807, 2.05) is 6.08 Å². The highest BCUT2D eigenvalue weighted by Gasteiger charge is 2.44. The van der Waals surface area contributed by atoms with Crippen molar-refractivity contribution in [1.29, 1.82) is 0 Å². The zero-order valence-corrected chi connectivity index (χ0v) is 22.9. The van der Waals surface area contributed by atoms with Crippen molar-refractivity contribution in [2.75, 3.05) is 26.8 Å². The first-order chi connectivity index (χ1) is 17.2. The highest BCUT2D eigenvalue weighted by Crippen LogP contribution is 2.42. The van der Waals surface area contributed by atoms with Crippen LogP contribution in [0.3, 0.4) is 0 Å². The molecule has 2 rings (SSSR count). The third kappa shape index (κ3) is 10.1. The van der Waals surface area contributed by atoms with Crippen molar-refractivity contribution in [2.45, 2.75) is 109 Å². The van der Waals surface area contributed by atoms with Crippen LogP contribution in [0.15, 0.2) is 12.7 Å². The minimum Gasteiger partial charge on any atom is -0.390 e. The first-order valence-electron chi connectivity index (χ1n) is 13.9. The van der Waals surface area contributed by atoms with Gasteiger partial charge in [-0.2, -0.15) is 0 Å². The summed E-state index contributed by atoms with van der Waals surface area (Å²) in [5.41, 5.74) is 0. The summed E-state index contributed by atoms with van der Waals surface area (Å²) in [7, 11) is 1.53. The van der Waals surface area contributed by atoms with Gasteiger partial charge in [0.15, 0.2) is 5.79 Å². The average Bonchev–Trinajstić information content (AvgIpc) is 2.88. The van der Waals surface area contributed by atoms with E-state index in [0.29, 0.717) is 25.0 Å². The van der Waals surface area contributed by atoms with Crippen LogP contribution in [0.5, 0.6) is 0 Å². The van der Waals surface area contributed by atoms with Gasteiger partial charge in [-0.15, -0.1) is 6.58 Å². The third-order valence-corrected chi connectivity index (χ3v) is 7.79. The molecular weight excluding hydrogens is 460 g/mol. The molecule has 2 saturated heterocycles. The maximum Gasteiger partial charge on any atom is 0.225 e. The second-order valence-electron chi connectivity index (χ2n) is 10.8. The Kier molecular flexibility index (Phi) is 13.4. The molecule has 2 amide bonds. The summed E-state index contributed by atoms with van der Waals surface area (Å²) in [5.74, 6) is -0.522. The summed E-state index contributed by atoms with van der Waals surface area (Å²) in [5, 5.41) is 15.8. The third-order valence-electron chi connectivity index (χ3n) is 7.79. The van der Waals surface area contributed by atoms with Crippen LogP contribution in [-0.4, -0.2) is 67.8 Å². The number of methoxy groups -OCH3 is 1. The Bertz CT molecular complexity index is 689. The lowest BCUT2D eigenvalue weighted by Gasteiger charge is -2.48. The Hall–Kier alpha value is -1.48. The van der Waals surface area contributed by atoms with Gasteiger partial charge in [-0.25, -0.2) is 0 Å². The number of nitrogens with one attached hydrogen (secondary N) is 2. The summed E-state index contributed by atoms with van der Waals surface area (Å²) in [4.78, 5) is 24.1. The number of carbonyl (C=O) groups excluding carboxylic acids is 2. The molecule has 7 atom stereocenters. The van der Waals surface area contributed by atoms with Gasteiger partial charge in [0.25, 0.3) is 0 Å². The van der Waals surface area contributed by atoms with E-state index in [-0.39, 0.29) is 37.0 Å². The van der Waals surface area contributed by atoms with Crippen molar-refractivity contribution >= 4 is 11.8 Å². The topological polar surface area (TPSA) is 106 Å². The minimum atomic E-state index is -0.941. The van der Waals surface area contributed by atoms with Crippen molar-refractivity contribution in [1.82, 2.24) is 10.6 Å². The predicted octanol–water partition coefficient (Wildman–Crippen LogP) is 3.72. The smallest absolute Gasteiger partial charge is 0.225 e. The first-order valence-corrected chi connectivity index (χ1v) is 13.9. The molecule has 2 fully saturated rings. The molecule has 0 aromatic carbocycles. The van der Waals surface area contributed by atoms with Crippen LogP contribution in [0.4, 0.5) is 0 Å². The van der Waals surface area contributed by atoms with Crippen LogP contribution < -0.4 is 10.6 Å². The molecule has 2 aliphatic heterocycles. The molecule has 0 aromatic rings. The minimum absolute atomic E-state index is 0.0418. The van der Waals surface area contributed by atoms with Gasteiger partial charge >= 0.3 is 0 Å². The number of aliphatic hydroxyl groups excluding tert-OH is 1. The molecule has 0 saturated carbocycles. The standard InChI is InChI=1S/C28H50N2O6/c1-6-20(2)11-12-23-9-7-15-28(35-23)16-13-21(3)25(36-28)10-8-17-29-27(33)22(4)24(31)19-30-26(32)14-18-34-5/h6,20-25,31H,1,7-19H2,2-5H3,(H,29,33)(H,30,32)/t20-,21?,22+,23+,24+,25-,28+/m1/s1. The highest BCUT2D eigenvalue weighted by molar-refractivity contribution is 5.79. The molecule has 2 heterocycles. The fraction of sp³-hybridized carbons (Fsp3) is 0.857. The van der Waals surface area contributed by atoms with Crippen molar-refractivity contribution in [3.63, 3.8) is 0 Å². The second kappa shape index (κ2) is 15.7. The van der Waals surface area contributed by atoms with Crippen LogP contribution in [0.1, 0.15) is 85.0 Å². The van der Waals surface area contributed by atoms with Crippen LogP contribution in [0, 0.1) is 17.8 Å². The number of allylic oxidation sites excluding steroid dienone is 1. The Balaban J connectivity index is 1.72. The van der Waals surface area contributed by atoms with Crippen molar-refractivity contribution < 1.29 is 28.9 Å². The van der Waals surface area contributed by atoms with Crippen LogP contribution in [-0.2, 0) is 23.8 Å². The predicted molar refractivity (Wildman–Crippen MR) is 140 cm³/mol. The van der Waals surface area contributed by atoms with E-state index in [2.05, 4.69) is 31.1 Å². The molecular formula is C28H50N2O6. The maximum absolute atomic E-state index is 12.5. The summed E-state index contributed by atoms with van der Waals surface area (Å²) in [6.07, 6.45) is 10.7.